The molecule has 0 saturated carbocycles. The van der Waals surface area contributed by atoms with E-state index in [2.05, 4.69) is 21.2 Å². The Kier molecular flexibility index (Phi) is 4.35. The van der Waals surface area contributed by atoms with Gasteiger partial charge in [0.25, 0.3) is 0 Å². The van der Waals surface area contributed by atoms with Crippen LogP contribution < -0.4 is 4.90 Å². The molecule has 103 valence electrons. The van der Waals surface area contributed by atoms with Gasteiger partial charge in [-0.05, 0) is 25.2 Å². The maximum atomic E-state index is 12.1. The number of ether oxygens (including phenoxy) is 1. The molecule has 0 amide bonds. The molecule has 0 bridgehead atoms. The number of carbonyl (C=O) groups excluding carboxylic acids is 1. The van der Waals surface area contributed by atoms with Crippen LogP contribution in [0.2, 0.25) is 0 Å². The number of esters is 1. The summed E-state index contributed by atoms with van der Waals surface area (Å²) in [4.78, 5) is 22.5. The number of piperidine rings is 1. The van der Waals surface area contributed by atoms with E-state index in [0.29, 0.717) is 17.1 Å². The SMILES string of the molecule is COC(=O)c1c(C(C)C)n[c]nc1N1CCCCC1. The lowest BCUT2D eigenvalue weighted by Gasteiger charge is -2.29. The van der Waals surface area contributed by atoms with Crippen molar-refractivity contribution in [1.29, 1.82) is 0 Å². The van der Waals surface area contributed by atoms with Crippen LogP contribution in [-0.4, -0.2) is 36.1 Å². The first-order chi connectivity index (χ1) is 9.15. The highest BCUT2D eigenvalue weighted by atomic mass is 16.5. The molecular formula is C14H20N3O2. The molecule has 0 aromatic carbocycles. The predicted octanol–water partition coefficient (Wildman–Crippen LogP) is 2.18. The maximum absolute atomic E-state index is 12.1. The zero-order chi connectivity index (χ0) is 13.8. The molecule has 0 unspecified atom stereocenters. The van der Waals surface area contributed by atoms with Crippen LogP contribution >= 0.6 is 0 Å². The standard InChI is InChI=1S/C14H20N3O2/c1-10(2)12-11(14(18)19-3)13(16-9-15-12)17-7-5-4-6-8-17/h10H,4-8H2,1-3H3. The molecule has 1 aromatic rings. The molecule has 1 radical (unpaired) electrons. The van der Waals surface area contributed by atoms with Gasteiger partial charge in [0.05, 0.1) is 12.8 Å². The van der Waals surface area contributed by atoms with Gasteiger partial charge in [-0.3, -0.25) is 0 Å². The largest absolute Gasteiger partial charge is 0.465 e. The summed E-state index contributed by atoms with van der Waals surface area (Å²) in [5.74, 6) is 0.445. The van der Waals surface area contributed by atoms with Gasteiger partial charge in [0.15, 0.2) is 6.33 Å². The second-order valence-corrected chi connectivity index (χ2v) is 5.10. The van der Waals surface area contributed by atoms with Crippen molar-refractivity contribution < 1.29 is 9.53 Å². The summed E-state index contributed by atoms with van der Waals surface area (Å²) in [6.07, 6.45) is 6.16. The first kappa shape index (κ1) is 13.8. The van der Waals surface area contributed by atoms with E-state index in [1.54, 1.807) is 0 Å². The third kappa shape index (κ3) is 2.85. The van der Waals surface area contributed by atoms with Crippen LogP contribution in [-0.2, 0) is 4.74 Å². The van der Waals surface area contributed by atoms with Crippen molar-refractivity contribution in [2.75, 3.05) is 25.1 Å². The van der Waals surface area contributed by atoms with Crippen LogP contribution in [0.5, 0.6) is 0 Å². The smallest absolute Gasteiger partial charge is 0.343 e. The van der Waals surface area contributed by atoms with Gasteiger partial charge < -0.3 is 9.64 Å². The third-order valence-electron chi connectivity index (χ3n) is 3.40. The molecule has 0 spiro atoms. The van der Waals surface area contributed by atoms with E-state index in [1.807, 2.05) is 13.8 Å². The fraction of sp³-hybridized carbons (Fsp3) is 0.643. The lowest BCUT2D eigenvalue weighted by molar-refractivity contribution is 0.0598. The van der Waals surface area contributed by atoms with Crippen LogP contribution in [0.25, 0.3) is 0 Å². The Hall–Kier alpha value is -1.65. The molecule has 1 saturated heterocycles. The lowest BCUT2D eigenvalue weighted by atomic mass is 10.0. The van der Waals surface area contributed by atoms with Crippen LogP contribution in [0.15, 0.2) is 0 Å². The minimum absolute atomic E-state index is 0.136. The van der Waals surface area contributed by atoms with Crippen molar-refractivity contribution >= 4 is 11.8 Å². The van der Waals surface area contributed by atoms with Gasteiger partial charge in [-0.2, -0.15) is 0 Å². The van der Waals surface area contributed by atoms with Crippen molar-refractivity contribution in [2.45, 2.75) is 39.0 Å². The molecule has 1 aliphatic rings. The number of methoxy groups -OCH3 is 1. The lowest BCUT2D eigenvalue weighted by Crippen LogP contribution is -2.32. The van der Waals surface area contributed by atoms with E-state index in [0.717, 1.165) is 25.9 Å². The summed E-state index contributed by atoms with van der Waals surface area (Å²) in [5.41, 5.74) is 1.21. The summed E-state index contributed by atoms with van der Waals surface area (Å²) in [7, 11) is 1.39. The molecular weight excluding hydrogens is 242 g/mol. The fourth-order valence-corrected chi connectivity index (χ4v) is 2.40. The van der Waals surface area contributed by atoms with E-state index >= 15 is 0 Å². The average molecular weight is 262 g/mol. The highest BCUT2D eigenvalue weighted by Crippen LogP contribution is 2.27. The minimum atomic E-state index is -0.363. The Morgan fingerprint density at radius 1 is 1.26 bits per heavy atom. The molecule has 0 atom stereocenters. The summed E-state index contributed by atoms with van der Waals surface area (Å²) in [6.45, 7) is 5.85. The van der Waals surface area contributed by atoms with E-state index in [1.165, 1.54) is 13.5 Å². The molecule has 0 aliphatic carbocycles. The number of anilines is 1. The zero-order valence-corrected chi connectivity index (χ0v) is 11.8. The molecule has 19 heavy (non-hydrogen) atoms. The number of aromatic nitrogens is 2. The van der Waals surface area contributed by atoms with E-state index in [-0.39, 0.29) is 11.9 Å². The number of hydrogen-bond donors (Lipinski definition) is 0. The molecule has 5 heteroatoms. The van der Waals surface area contributed by atoms with Gasteiger partial charge in [-0.25, -0.2) is 14.8 Å². The van der Waals surface area contributed by atoms with Crippen molar-refractivity contribution in [1.82, 2.24) is 9.97 Å². The van der Waals surface area contributed by atoms with Gasteiger partial charge >= 0.3 is 5.97 Å². The molecule has 1 aliphatic heterocycles. The van der Waals surface area contributed by atoms with Gasteiger partial charge in [0.2, 0.25) is 0 Å². The number of nitrogens with zero attached hydrogens (tertiary/aromatic N) is 3. The normalized spacial score (nSPS) is 15.7. The van der Waals surface area contributed by atoms with Gasteiger partial charge in [0, 0.05) is 13.1 Å². The predicted molar refractivity (Wildman–Crippen MR) is 72.4 cm³/mol. The van der Waals surface area contributed by atoms with Gasteiger partial charge in [-0.1, -0.05) is 13.8 Å². The number of carbonyl (C=O) groups is 1. The second kappa shape index (κ2) is 5.99. The zero-order valence-electron chi connectivity index (χ0n) is 11.8. The first-order valence-electron chi connectivity index (χ1n) is 6.76. The molecule has 0 N–H and O–H groups in total. The van der Waals surface area contributed by atoms with E-state index in [4.69, 9.17) is 4.74 Å². The average Bonchev–Trinajstić information content (AvgIpc) is 2.46. The van der Waals surface area contributed by atoms with Crippen LogP contribution in [0, 0.1) is 6.33 Å². The summed E-state index contributed by atoms with van der Waals surface area (Å²) in [6, 6.07) is 0. The maximum Gasteiger partial charge on any atom is 0.343 e. The Morgan fingerprint density at radius 3 is 2.53 bits per heavy atom. The minimum Gasteiger partial charge on any atom is -0.465 e. The molecule has 1 fully saturated rings. The van der Waals surface area contributed by atoms with E-state index < -0.39 is 0 Å². The highest BCUT2D eigenvalue weighted by molar-refractivity contribution is 5.96. The van der Waals surface area contributed by atoms with Crippen LogP contribution in [0.1, 0.15) is 55.1 Å². The second-order valence-electron chi connectivity index (χ2n) is 5.10. The highest BCUT2D eigenvalue weighted by Gasteiger charge is 2.25. The molecule has 2 rings (SSSR count). The fourth-order valence-electron chi connectivity index (χ4n) is 2.40. The quantitative estimate of drug-likeness (QED) is 0.781. The van der Waals surface area contributed by atoms with Gasteiger partial charge in [0.1, 0.15) is 11.4 Å². The Morgan fingerprint density at radius 2 is 1.95 bits per heavy atom. The number of rotatable bonds is 3. The summed E-state index contributed by atoms with van der Waals surface area (Å²) >= 11 is 0. The van der Waals surface area contributed by atoms with Crippen LogP contribution in [0.3, 0.4) is 0 Å². The van der Waals surface area contributed by atoms with Crippen LogP contribution in [0.4, 0.5) is 5.82 Å². The Labute approximate surface area is 114 Å². The summed E-state index contributed by atoms with van der Waals surface area (Å²) in [5, 5.41) is 0. The Bertz CT molecular complexity index is 454. The monoisotopic (exact) mass is 262 g/mol. The summed E-state index contributed by atoms with van der Waals surface area (Å²) < 4.78 is 4.90. The van der Waals surface area contributed by atoms with Gasteiger partial charge in [-0.15, -0.1) is 0 Å². The third-order valence-corrected chi connectivity index (χ3v) is 3.40. The topological polar surface area (TPSA) is 55.3 Å². The van der Waals surface area contributed by atoms with Crippen molar-refractivity contribution in [3.8, 4) is 0 Å². The first-order valence-corrected chi connectivity index (χ1v) is 6.76. The van der Waals surface area contributed by atoms with Crippen molar-refractivity contribution in [2.24, 2.45) is 0 Å². The van der Waals surface area contributed by atoms with Crippen molar-refractivity contribution in [3.63, 3.8) is 0 Å². The molecule has 5 nitrogen and oxygen atoms in total. The van der Waals surface area contributed by atoms with E-state index in [9.17, 15) is 4.79 Å². The van der Waals surface area contributed by atoms with Crippen molar-refractivity contribution in [3.05, 3.63) is 17.6 Å². The molecule has 2 heterocycles. The Balaban J connectivity index is 2.46. The molecule has 1 aromatic heterocycles. The number of hydrogen-bond acceptors (Lipinski definition) is 5.